The van der Waals surface area contributed by atoms with Gasteiger partial charge in [-0.15, -0.1) is 32.9 Å². The van der Waals surface area contributed by atoms with Crippen molar-refractivity contribution in [3.05, 3.63) is 56.6 Å². The van der Waals surface area contributed by atoms with Gasteiger partial charge < -0.3 is 9.88 Å². The number of nitrogens with one attached hydrogen (secondary N) is 1. The molecule has 0 saturated heterocycles. The molecular weight excluding hydrogens is 507 g/mol. The molecule has 3 heterocycles. The summed E-state index contributed by atoms with van der Waals surface area (Å²) in [6, 6.07) is 12.7. The quantitative estimate of drug-likeness (QED) is 0.274. The zero-order valence-corrected chi connectivity index (χ0v) is 22.8. The van der Waals surface area contributed by atoms with Gasteiger partial charge in [-0.3, -0.25) is 4.79 Å². The highest BCUT2D eigenvalue weighted by Gasteiger charge is 2.22. The van der Waals surface area contributed by atoms with Gasteiger partial charge in [-0.2, -0.15) is 5.26 Å². The van der Waals surface area contributed by atoms with Gasteiger partial charge in [0.1, 0.15) is 11.1 Å². The van der Waals surface area contributed by atoms with E-state index in [-0.39, 0.29) is 11.7 Å². The number of hydrogen-bond acceptors (Lipinski definition) is 7. The summed E-state index contributed by atoms with van der Waals surface area (Å²) < 4.78 is 1.95. The van der Waals surface area contributed by atoms with Crippen LogP contribution in [0.15, 0.2) is 40.9 Å². The fourth-order valence-electron chi connectivity index (χ4n) is 4.68. The molecule has 3 aromatic heterocycles. The van der Waals surface area contributed by atoms with Gasteiger partial charge in [0, 0.05) is 33.3 Å². The van der Waals surface area contributed by atoms with Crippen molar-refractivity contribution in [2.45, 2.75) is 50.6 Å². The maximum Gasteiger partial charge on any atom is 0.235 e. The minimum atomic E-state index is -0.133. The lowest BCUT2D eigenvalue weighted by atomic mass is 9.97. The zero-order chi connectivity index (χ0) is 25.1. The van der Waals surface area contributed by atoms with Crippen molar-refractivity contribution in [1.82, 2.24) is 14.8 Å². The average molecular weight is 534 g/mol. The third-order valence-corrected chi connectivity index (χ3v) is 9.62. The molecule has 9 heteroatoms. The summed E-state index contributed by atoms with van der Waals surface area (Å²) in [5.41, 5.74) is 5.16. The van der Waals surface area contributed by atoms with Crippen molar-refractivity contribution in [2.24, 2.45) is 7.05 Å². The molecule has 1 N–H and O–H groups in total. The molecule has 0 spiro atoms. The van der Waals surface area contributed by atoms with Crippen LogP contribution >= 0.6 is 34.4 Å². The molecule has 1 aliphatic rings. The van der Waals surface area contributed by atoms with Crippen molar-refractivity contribution < 1.29 is 4.79 Å². The highest BCUT2D eigenvalue weighted by atomic mass is 32.2. The molecule has 0 radical (unpaired) electrons. The number of nitriles is 1. The predicted octanol–water partition coefficient (Wildman–Crippen LogP) is 6.84. The average Bonchev–Trinajstić information content (AvgIpc) is 3.52. The van der Waals surface area contributed by atoms with Crippen LogP contribution in [0.2, 0.25) is 0 Å². The van der Waals surface area contributed by atoms with Gasteiger partial charge >= 0.3 is 0 Å². The van der Waals surface area contributed by atoms with Crippen LogP contribution in [-0.2, 0) is 24.7 Å². The number of rotatable bonds is 6. The minimum Gasteiger partial charge on any atom is -0.316 e. The summed E-state index contributed by atoms with van der Waals surface area (Å²) in [5, 5.41) is 25.1. The van der Waals surface area contributed by atoms with E-state index < -0.39 is 0 Å². The van der Waals surface area contributed by atoms with Crippen LogP contribution in [0.4, 0.5) is 5.00 Å². The number of fused-ring (bicyclic) bond motifs is 1. The van der Waals surface area contributed by atoms with Gasteiger partial charge in [-0.05, 0) is 43.7 Å². The number of amides is 1. The lowest BCUT2D eigenvalue weighted by molar-refractivity contribution is -0.113. The molecule has 5 rings (SSSR count). The van der Waals surface area contributed by atoms with E-state index in [0.717, 1.165) is 48.2 Å². The summed E-state index contributed by atoms with van der Waals surface area (Å²) in [6.07, 6.45) is 6.60. The Morgan fingerprint density at radius 1 is 1.17 bits per heavy atom. The number of nitrogens with zero attached hydrogens (tertiary/aromatic N) is 4. The number of carbonyl (C=O) groups excluding carboxylic acids is 1. The first-order valence-corrected chi connectivity index (χ1v) is 14.8. The second-order valence-corrected chi connectivity index (χ2v) is 12.0. The summed E-state index contributed by atoms with van der Waals surface area (Å²) in [6.45, 7) is 2.12. The topological polar surface area (TPSA) is 83.6 Å². The molecule has 184 valence electrons. The van der Waals surface area contributed by atoms with Gasteiger partial charge in [0.2, 0.25) is 5.91 Å². The Kier molecular flexibility index (Phi) is 7.56. The second-order valence-electron chi connectivity index (χ2n) is 8.88. The third kappa shape index (κ3) is 4.99. The monoisotopic (exact) mass is 533 g/mol. The first-order valence-electron chi connectivity index (χ1n) is 12.1. The van der Waals surface area contributed by atoms with E-state index >= 15 is 0 Å². The Hall–Kier alpha value is -2.93. The molecule has 1 aromatic carbocycles. The lowest BCUT2D eigenvalue weighted by Crippen LogP contribution is -2.14. The van der Waals surface area contributed by atoms with Gasteiger partial charge in [0.05, 0.1) is 11.3 Å². The highest BCUT2D eigenvalue weighted by molar-refractivity contribution is 7.99. The summed E-state index contributed by atoms with van der Waals surface area (Å²) in [7, 11) is 1.93. The molecule has 1 aliphatic carbocycles. The highest BCUT2D eigenvalue weighted by Crippen LogP contribution is 2.39. The SMILES string of the molecule is Cc1scc(-c2nnc(SCC(=O)Nc3sc4c(c3C#N)CCCCCC4)n2C)c1-c1ccccc1. The molecule has 36 heavy (non-hydrogen) atoms. The molecule has 0 fully saturated rings. The molecule has 0 unspecified atom stereocenters. The summed E-state index contributed by atoms with van der Waals surface area (Å²) >= 11 is 4.62. The number of benzene rings is 1. The van der Waals surface area contributed by atoms with Gasteiger partial charge in [-0.1, -0.05) is 54.9 Å². The smallest absolute Gasteiger partial charge is 0.235 e. The molecule has 0 atom stereocenters. The van der Waals surface area contributed by atoms with E-state index in [4.69, 9.17) is 0 Å². The van der Waals surface area contributed by atoms with Gasteiger partial charge in [-0.25, -0.2) is 0 Å². The third-order valence-electron chi connectivity index (χ3n) is 6.48. The van der Waals surface area contributed by atoms with E-state index in [1.165, 1.54) is 39.9 Å². The van der Waals surface area contributed by atoms with Crippen LogP contribution in [0.25, 0.3) is 22.5 Å². The van der Waals surface area contributed by atoms with Crippen LogP contribution in [0.3, 0.4) is 0 Å². The molecule has 1 amide bonds. The van der Waals surface area contributed by atoms with E-state index in [0.29, 0.717) is 15.7 Å². The Morgan fingerprint density at radius 2 is 1.94 bits per heavy atom. The zero-order valence-electron chi connectivity index (χ0n) is 20.3. The Morgan fingerprint density at radius 3 is 2.72 bits per heavy atom. The van der Waals surface area contributed by atoms with E-state index in [9.17, 15) is 10.1 Å². The second kappa shape index (κ2) is 11.0. The number of thiophene rings is 2. The summed E-state index contributed by atoms with van der Waals surface area (Å²) in [5.74, 6) is 0.853. The van der Waals surface area contributed by atoms with Crippen molar-refractivity contribution in [1.29, 1.82) is 5.26 Å². The van der Waals surface area contributed by atoms with Crippen LogP contribution in [0, 0.1) is 18.3 Å². The normalized spacial score (nSPS) is 13.5. The molecular formula is C27H27N5OS3. The van der Waals surface area contributed by atoms with Crippen LogP contribution < -0.4 is 5.32 Å². The predicted molar refractivity (Wildman–Crippen MR) is 149 cm³/mol. The van der Waals surface area contributed by atoms with Gasteiger partial charge in [0.15, 0.2) is 11.0 Å². The van der Waals surface area contributed by atoms with Crippen LogP contribution in [0.5, 0.6) is 0 Å². The first kappa shape index (κ1) is 24.8. The minimum absolute atomic E-state index is 0.133. The van der Waals surface area contributed by atoms with Crippen LogP contribution in [-0.4, -0.2) is 26.4 Å². The van der Waals surface area contributed by atoms with E-state index in [1.807, 2.05) is 29.8 Å². The number of thioether (sulfide) groups is 1. The maximum absolute atomic E-state index is 12.8. The largest absolute Gasteiger partial charge is 0.316 e. The molecule has 6 nitrogen and oxygen atoms in total. The van der Waals surface area contributed by atoms with Gasteiger partial charge in [0.25, 0.3) is 0 Å². The molecule has 0 saturated carbocycles. The Labute approximate surface area is 223 Å². The fraction of sp³-hybridized carbons (Fsp3) is 0.333. The van der Waals surface area contributed by atoms with Crippen molar-refractivity contribution >= 4 is 45.3 Å². The Balaban J connectivity index is 1.30. The standard InChI is InChI=1S/C27H27N5OS3/c1-17-24(18-10-6-5-7-11-18)21(15-34-17)25-30-31-27(32(25)2)35-16-23(33)29-26-20(14-28)19-12-8-3-4-9-13-22(19)36-26/h5-7,10-11,15H,3-4,8-9,12-13,16H2,1-2H3,(H,29,33). The number of carbonyl (C=O) groups is 1. The van der Waals surface area contributed by atoms with E-state index in [2.05, 4.69) is 46.0 Å². The van der Waals surface area contributed by atoms with Crippen LogP contribution in [0.1, 0.15) is 46.6 Å². The summed E-state index contributed by atoms with van der Waals surface area (Å²) in [4.78, 5) is 15.3. The molecule has 4 aromatic rings. The van der Waals surface area contributed by atoms with E-state index in [1.54, 1.807) is 22.7 Å². The number of aryl methyl sites for hydroxylation is 2. The molecule has 0 bridgehead atoms. The molecule has 0 aliphatic heterocycles. The first-order chi connectivity index (χ1) is 17.6. The lowest BCUT2D eigenvalue weighted by Gasteiger charge is -2.08. The van der Waals surface area contributed by atoms with Crippen molar-refractivity contribution in [3.63, 3.8) is 0 Å². The van der Waals surface area contributed by atoms with Crippen molar-refractivity contribution in [3.8, 4) is 28.6 Å². The number of hydrogen-bond donors (Lipinski definition) is 1. The Bertz CT molecular complexity index is 1430. The number of anilines is 1. The maximum atomic E-state index is 12.8. The fourth-order valence-corrected chi connectivity index (χ4v) is 7.51. The van der Waals surface area contributed by atoms with Crippen molar-refractivity contribution in [2.75, 3.05) is 11.1 Å². The number of aromatic nitrogens is 3.